The van der Waals surface area contributed by atoms with Crippen molar-refractivity contribution in [3.8, 4) is 0 Å². The minimum Gasteiger partial charge on any atom is -0.359 e. The van der Waals surface area contributed by atoms with Crippen LogP contribution in [-0.4, -0.2) is 41.8 Å². The summed E-state index contributed by atoms with van der Waals surface area (Å²) < 4.78 is 0. The van der Waals surface area contributed by atoms with Crippen LogP contribution in [-0.2, 0) is 4.79 Å². The highest BCUT2D eigenvalue weighted by molar-refractivity contribution is 7.07. The summed E-state index contributed by atoms with van der Waals surface area (Å²) in [6.45, 7) is 1.21. The van der Waals surface area contributed by atoms with E-state index in [1.807, 2.05) is 0 Å². The van der Waals surface area contributed by atoms with Crippen LogP contribution < -0.4 is 5.32 Å². The van der Waals surface area contributed by atoms with Crippen molar-refractivity contribution in [2.24, 2.45) is 5.92 Å². The summed E-state index contributed by atoms with van der Waals surface area (Å²) in [5.41, 5.74) is 2.13. The van der Waals surface area contributed by atoms with Crippen molar-refractivity contribution in [2.75, 3.05) is 20.1 Å². The van der Waals surface area contributed by atoms with Crippen LogP contribution in [0.4, 0.5) is 0 Å². The van der Waals surface area contributed by atoms with Crippen LogP contribution in [0, 0.1) is 5.92 Å². The summed E-state index contributed by atoms with van der Waals surface area (Å²) in [5.74, 6) is -0.142. The Morgan fingerprint density at radius 1 is 1.59 bits per heavy atom. The summed E-state index contributed by atoms with van der Waals surface area (Å²) in [4.78, 5) is 29.3. The minimum absolute atomic E-state index is 0.0146. The summed E-state index contributed by atoms with van der Waals surface area (Å²) >= 11 is 1.41. The van der Waals surface area contributed by atoms with E-state index in [4.69, 9.17) is 0 Å². The molecule has 2 amide bonds. The highest BCUT2D eigenvalue weighted by Crippen LogP contribution is 2.18. The molecule has 1 fully saturated rings. The van der Waals surface area contributed by atoms with Crippen molar-refractivity contribution in [3.63, 3.8) is 0 Å². The number of carbonyl (C=O) groups is 2. The predicted molar refractivity (Wildman–Crippen MR) is 64.8 cm³/mol. The van der Waals surface area contributed by atoms with Crippen LogP contribution in [0.3, 0.4) is 0 Å². The third kappa shape index (κ3) is 2.63. The first-order valence-electron chi connectivity index (χ1n) is 5.61. The lowest BCUT2D eigenvalue weighted by Crippen LogP contribution is -2.44. The first kappa shape index (κ1) is 12.0. The molecule has 2 heterocycles. The van der Waals surface area contributed by atoms with E-state index in [1.165, 1.54) is 11.3 Å². The maximum atomic E-state index is 12.1. The van der Waals surface area contributed by atoms with Gasteiger partial charge in [0.1, 0.15) is 5.69 Å². The molecule has 0 radical (unpaired) electrons. The van der Waals surface area contributed by atoms with Gasteiger partial charge in [0.25, 0.3) is 5.91 Å². The second kappa shape index (κ2) is 5.27. The van der Waals surface area contributed by atoms with Crippen molar-refractivity contribution in [3.05, 3.63) is 16.6 Å². The molecule has 0 bridgehead atoms. The summed E-state index contributed by atoms with van der Waals surface area (Å²) in [7, 11) is 1.63. The molecule has 1 aliphatic heterocycles. The highest BCUT2D eigenvalue weighted by atomic mass is 32.1. The van der Waals surface area contributed by atoms with Crippen LogP contribution in [0.2, 0.25) is 0 Å². The van der Waals surface area contributed by atoms with Crippen molar-refractivity contribution in [1.29, 1.82) is 0 Å². The Morgan fingerprint density at radius 2 is 2.41 bits per heavy atom. The van der Waals surface area contributed by atoms with E-state index < -0.39 is 0 Å². The van der Waals surface area contributed by atoms with Crippen LogP contribution in [0.15, 0.2) is 10.9 Å². The third-order valence-electron chi connectivity index (χ3n) is 2.98. The van der Waals surface area contributed by atoms with Crippen LogP contribution in [0.25, 0.3) is 0 Å². The van der Waals surface area contributed by atoms with Crippen molar-refractivity contribution < 1.29 is 9.59 Å². The number of hydrogen-bond donors (Lipinski definition) is 1. The Balaban J connectivity index is 2.02. The van der Waals surface area contributed by atoms with Gasteiger partial charge in [-0.15, -0.1) is 11.3 Å². The molecule has 1 atom stereocenters. The lowest BCUT2D eigenvalue weighted by atomic mass is 9.97. The Morgan fingerprint density at radius 3 is 3.06 bits per heavy atom. The quantitative estimate of drug-likeness (QED) is 0.845. The van der Waals surface area contributed by atoms with Gasteiger partial charge in [0.05, 0.1) is 11.4 Å². The van der Waals surface area contributed by atoms with E-state index >= 15 is 0 Å². The number of aromatic nitrogens is 1. The molecule has 1 aromatic heterocycles. The lowest BCUT2D eigenvalue weighted by Gasteiger charge is -2.31. The van der Waals surface area contributed by atoms with Crippen LogP contribution in [0.5, 0.6) is 0 Å². The predicted octanol–water partition coefficient (Wildman–Crippen LogP) is 0.741. The Hall–Kier alpha value is -1.43. The normalized spacial score (nSPS) is 20.1. The number of thiazole rings is 1. The molecule has 0 aromatic carbocycles. The fourth-order valence-corrected chi connectivity index (χ4v) is 2.59. The molecular weight excluding hydrogens is 238 g/mol. The molecule has 2 rings (SSSR count). The van der Waals surface area contributed by atoms with Crippen molar-refractivity contribution in [1.82, 2.24) is 15.2 Å². The zero-order valence-corrected chi connectivity index (χ0v) is 10.5. The number of nitrogens with one attached hydrogen (secondary N) is 1. The van der Waals surface area contributed by atoms with Gasteiger partial charge in [-0.25, -0.2) is 4.98 Å². The molecule has 17 heavy (non-hydrogen) atoms. The van der Waals surface area contributed by atoms with Gasteiger partial charge in [-0.1, -0.05) is 0 Å². The molecule has 1 aromatic rings. The Bertz CT molecular complexity index is 405. The van der Waals surface area contributed by atoms with E-state index in [-0.39, 0.29) is 17.7 Å². The Kier molecular flexibility index (Phi) is 3.73. The van der Waals surface area contributed by atoms with Crippen LogP contribution in [0.1, 0.15) is 23.3 Å². The molecule has 0 unspecified atom stereocenters. The zero-order chi connectivity index (χ0) is 12.3. The summed E-state index contributed by atoms with van der Waals surface area (Å²) in [5, 5.41) is 4.38. The second-order valence-electron chi connectivity index (χ2n) is 4.08. The smallest absolute Gasteiger partial charge is 0.273 e. The van der Waals surface area contributed by atoms with Gasteiger partial charge in [0.2, 0.25) is 5.91 Å². The minimum atomic E-state index is -0.0867. The van der Waals surface area contributed by atoms with Gasteiger partial charge < -0.3 is 10.2 Å². The molecule has 0 aliphatic carbocycles. The SMILES string of the molecule is CNC(=O)[C@@H]1CCCN(C(=O)c2cscn2)C1. The molecule has 1 N–H and O–H groups in total. The van der Waals surface area contributed by atoms with Gasteiger partial charge in [-0.05, 0) is 12.8 Å². The highest BCUT2D eigenvalue weighted by Gasteiger charge is 2.28. The molecule has 5 nitrogen and oxygen atoms in total. The topological polar surface area (TPSA) is 62.3 Å². The second-order valence-corrected chi connectivity index (χ2v) is 4.80. The van der Waals surface area contributed by atoms with E-state index in [1.54, 1.807) is 22.8 Å². The molecule has 1 saturated heterocycles. The van der Waals surface area contributed by atoms with Gasteiger partial charge in [-0.3, -0.25) is 9.59 Å². The molecule has 92 valence electrons. The van der Waals surface area contributed by atoms with Crippen LogP contribution >= 0.6 is 11.3 Å². The fourth-order valence-electron chi connectivity index (χ4n) is 2.06. The summed E-state index contributed by atoms with van der Waals surface area (Å²) in [6, 6.07) is 0. The third-order valence-corrected chi connectivity index (χ3v) is 3.56. The monoisotopic (exact) mass is 253 g/mol. The number of hydrogen-bond acceptors (Lipinski definition) is 4. The first-order valence-corrected chi connectivity index (χ1v) is 6.55. The Labute approximate surface area is 104 Å². The number of nitrogens with zero attached hydrogens (tertiary/aromatic N) is 2. The molecule has 1 aliphatic rings. The largest absolute Gasteiger partial charge is 0.359 e. The van der Waals surface area contributed by atoms with Gasteiger partial charge in [0.15, 0.2) is 0 Å². The van der Waals surface area contributed by atoms with E-state index in [0.29, 0.717) is 18.8 Å². The van der Waals surface area contributed by atoms with E-state index in [0.717, 1.165) is 12.8 Å². The molecule has 6 heteroatoms. The maximum Gasteiger partial charge on any atom is 0.273 e. The fraction of sp³-hybridized carbons (Fsp3) is 0.545. The molecule has 0 spiro atoms. The zero-order valence-electron chi connectivity index (χ0n) is 9.68. The lowest BCUT2D eigenvalue weighted by molar-refractivity contribution is -0.125. The van der Waals surface area contributed by atoms with E-state index in [2.05, 4.69) is 10.3 Å². The van der Waals surface area contributed by atoms with Crippen molar-refractivity contribution >= 4 is 23.2 Å². The number of likely N-dealkylation sites (tertiary alicyclic amines) is 1. The van der Waals surface area contributed by atoms with Crippen molar-refractivity contribution in [2.45, 2.75) is 12.8 Å². The standard InChI is InChI=1S/C11H15N3O2S/c1-12-10(15)8-3-2-4-14(5-8)11(16)9-6-17-7-13-9/h6-8H,2-5H2,1H3,(H,12,15)/t8-/m1/s1. The number of rotatable bonds is 2. The number of carbonyl (C=O) groups excluding carboxylic acids is 2. The first-order chi connectivity index (χ1) is 8.22. The van der Waals surface area contributed by atoms with Gasteiger partial charge in [0, 0.05) is 25.5 Å². The van der Waals surface area contributed by atoms with Gasteiger partial charge in [-0.2, -0.15) is 0 Å². The average molecular weight is 253 g/mol. The van der Waals surface area contributed by atoms with E-state index in [9.17, 15) is 9.59 Å². The molecule has 0 saturated carbocycles. The summed E-state index contributed by atoms with van der Waals surface area (Å²) in [6.07, 6.45) is 1.72. The maximum absolute atomic E-state index is 12.1. The molecular formula is C11H15N3O2S. The number of amides is 2. The average Bonchev–Trinajstić information content (AvgIpc) is 2.91. The number of piperidine rings is 1. The van der Waals surface area contributed by atoms with Gasteiger partial charge >= 0.3 is 0 Å².